The first-order valence-corrected chi connectivity index (χ1v) is 10.3. The van der Waals surface area contributed by atoms with E-state index in [0.29, 0.717) is 12.2 Å². The maximum Gasteiger partial charge on any atom is 0.152 e. The molecule has 0 spiro atoms. The average molecular weight is 337 g/mol. The van der Waals surface area contributed by atoms with Crippen LogP contribution in [0.2, 0.25) is 0 Å². The third kappa shape index (κ3) is 3.41. The zero-order valence-corrected chi connectivity index (χ0v) is 15.2. The fourth-order valence-corrected chi connectivity index (χ4v) is 6.08. The van der Waals surface area contributed by atoms with Crippen molar-refractivity contribution >= 4 is 9.84 Å². The summed E-state index contributed by atoms with van der Waals surface area (Å²) in [7, 11) is 0.851. The van der Waals surface area contributed by atoms with Crippen molar-refractivity contribution < 1.29 is 13.2 Å². The molecule has 5 heteroatoms. The molecule has 4 nitrogen and oxygen atoms in total. The maximum atomic E-state index is 11.9. The first-order chi connectivity index (χ1) is 10.8. The predicted octanol–water partition coefficient (Wildman–Crippen LogP) is 2.58. The van der Waals surface area contributed by atoms with Crippen molar-refractivity contribution in [2.24, 2.45) is 0 Å². The summed E-state index contributed by atoms with van der Waals surface area (Å²) in [6, 6.07) is 4.46. The van der Waals surface area contributed by atoms with Crippen LogP contribution in [0.15, 0.2) is 12.1 Å². The normalized spacial score (nSPS) is 26.3. The summed E-state index contributed by atoms with van der Waals surface area (Å²) >= 11 is 0. The number of sulfone groups is 1. The van der Waals surface area contributed by atoms with E-state index in [-0.39, 0.29) is 11.3 Å². The third-order valence-electron chi connectivity index (χ3n) is 5.56. The molecule has 0 radical (unpaired) electrons. The van der Waals surface area contributed by atoms with Crippen LogP contribution in [0.3, 0.4) is 0 Å². The van der Waals surface area contributed by atoms with Crippen LogP contribution in [0.4, 0.5) is 0 Å². The minimum atomic E-state index is -2.89. The first kappa shape index (κ1) is 16.8. The van der Waals surface area contributed by atoms with Gasteiger partial charge in [0.1, 0.15) is 5.75 Å². The van der Waals surface area contributed by atoms with Crippen LogP contribution >= 0.6 is 0 Å². The van der Waals surface area contributed by atoms with Gasteiger partial charge in [0.15, 0.2) is 9.84 Å². The second-order valence-corrected chi connectivity index (χ2v) is 9.52. The van der Waals surface area contributed by atoms with Gasteiger partial charge in [-0.15, -0.1) is 0 Å². The van der Waals surface area contributed by atoms with Crippen molar-refractivity contribution in [3.05, 3.63) is 28.8 Å². The lowest BCUT2D eigenvalue weighted by molar-refractivity contribution is 0.153. The molecule has 23 heavy (non-hydrogen) atoms. The Kier molecular flexibility index (Phi) is 4.45. The highest BCUT2D eigenvalue weighted by Gasteiger charge is 2.41. The van der Waals surface area contributed by atoms with Crippen LogP contribution in [0.1, 0.15) is 42.9 Å². The van der Waals surface area contributed by atoms with E-state index in [4.69, 9.17) is 4.74 Å². The van der Waals surface area contributed by atoms with E-state index >= 15 is 0 Å². The number of hydrogen-bond acceptors (Lipinski definition) is 4. The Morgan fingerprint density at radius 1 is 1.22 bits per heavy atom. The van der Waals surface area contributed by atoms with Crippen molar-refractivity contribution in [3.8, 4) is 5.75 Å². The lowest BCUT2D eigenvalue weighted by Gasteiger charge is -2.35. The van der Waals surface area contributed by atoms with E-state index in [2.05, 4.69) is 24.0 Å². The maximum absolute atomic E-state index is 11.9. The van der Waals surface area contributed by atoms with Gasteiger partial charge in [-0.25, -0.2) is 8.42 Å². The molecule has 1 aromatic carbocycles. The van der Waals surface area contributed by atoms with Gasteiger partial charge in [0.25, 0.3) is 0 Å². The highest BCUT2D eigenvalue weighted by atomic mass is 32.2. The summed E-state index contributed by atoms with van der Waals surface area (Å²) in [6.45, 7) is 2.78. The predicted molar refractivity (Wildman–Crippen MR) is 92.8 cm³/mol. The Bertz CT molecular complexity index is 698. The summed E-state index contributed by atoms with van der Waals surface area (Å²) in [4.78, 5) is 2.19. The van der Waals surface area contributed by atoms with Crippen LogP contribution < -0.4 is 4.74 Å². The van der Waals surface area contributed by atoms with Gasteiger partial charge in [-0.2, -0.15) is 0 Å². The van der Waals surface area contributed by atoms with Crippen molar-refractivity contribution in [3.63, 3.8) is 0 Å². The largest absolute Gasteiger partial charge is 0.496 e. The van der Waals surface area contributed by atoms with Gasteiger partial charge in [0, 0.05) is 17.6 Å². The number of aryl methyl sites for hydroxylation is 2. The summed E-state index contributed by atoms with van der Waals surface area (Å²) in [5, 5.41) is 0. The van der Waals surface area contributed by atoms with Crippen molar-refractivity contribution in [1.29, 1.82) is 0 Å². The van der Waals surface area contributed by atoms with Crippen molar-refractivity contribution in [1.82, 2.24) is 4.90 Å². The molecule has 0 saturated carbocycles. The number of benzene rings is 1. The fourth-order valence-electron chi connectivity index (χ4n) is 3.87. The van der Waals surface area contributed by atoms with Crippen LogP contribution in [-0.2, 0) is 29.2 Å². The molecule has 1 aliphatic heterocycles. The minimum absolute atomic E-state index is 0.254. The Hall–Kier alpha value is -1.07. The van der Waals surface area contributed by atoms with Gasteiger partial charge in [-0.1, -0.05) is 6.07 Å². The molecule has 2 aliphatic rings. The zero-order chi connectivity index (χ0) is 16.7. The highest BCUT2D eigenvalue weighted by molar-refractivity contribution is 7.91. The van der Waals surface area contributed by atoms with Crippen molar-refractivity contribution in [2.45, 2.75) is 51.1 Å². The molecule has 1 aliphatic carbocycles. The van der Waals surface area contributed by atoms with Gasteiger partial charge in [-0.3, -0.25) is 4.90 Å². The minimum Gasteiger partial charge on any atom is -0.496 e. The van der Waals surface area contributed by atoms with E-state index in [0.717, 1.165) is 25.1 Å². The zero-order valence-electron chi connectivity index (χ0n) is 14.4. The molecule has 1 fully saturated rings. The van der Waals surface area contributed by atoms with E-state index in [1.807, 2.05) is 7.05 Å². The topological polar surface area (TPSA) is 46.6 Å². The summed E-state index contributed by atoms with van der Waals surface area (Å²) in [5.74, 6) is 1.49. The smallest absolute Gasteiger partial charge is 0.152 e. The van der Waals surface area contributed by atoms with Crippen molar-refractivity contribution in [2.75, 3.05) is 25.7 Å². The van der Waals surface area contributed by atoms with Gasteiger partial charge >= 0.3 is 0 Å². The number of nitrogens with zero attached hydrogens (tertiary/aromatic N) is 1. The van der Waals surface area contributed by atoms with E-state index in [1.54, 1.807) is 7.11 Å². The van der Waals surface area contributed by atoms with Crippen LogP contribution in [0.5, 0.6) is 5.75 Å². The monoisotopic (exact) mass is 337 g/mol. The lowest BCUT2D eigenvalue weighted by atomic mass is 9.89. The molecular weight excluding hydrogens is 310 g/mol. The van der Waals surface area contributed by atoms with E-state index in [1.165, 1.54) is 29.5 Å². The van der Waals surface area contributed by atoms with E-state index in [9.17, 15) is 8.42 Å². The quantitative estimate of drug-likeness (QED) is 0.847. The molecular formula is C18H27NO3S. The average Bonchev–Trinajstić information content (AvgIpc) is 2.81. The molecule has 1 heterocycles. The number of ether oxygens (including phenoxy) is 1. The number of rotatable bonds is 4. The molecule has 1 saturated heterocycles. The molecule has 0 aromatic heterocycles. The Morgan fingerprint density at radius 2 is 1.87 bits per heavy atom. The van der Waals surface area contributed by atoms with Gasteiger partial charge in [-0.05, 0) is 63.3 Å². The lowest BCUT2D eigenvalue weighted by Crippen LogP contribution is -2.44. The summed E-state index contributed by atoms with van der Waals surface area (Å²) in [5.41, 5.74) is 3.74. The molecule has 0 amide bonds. The number of fused-ring (bicyclic) bond motifs is 1. The van der Waals surface area contributed by atoms with Gasteiger partial charge < -0.3 is 4.74 Å². The summed E-state index contributed by atoms with van der Waals surface area (Å²) < 4.78 is 29.3. The molecule has 1 unspecified atom stereocenters. The molecule has 1 aromatic rings. The SMILES string of the molecule is COc1cc2c(cc1CN(C)C1(C)CCS(=O)(=O)C1)CCCC2. The third-order valence-corrected chi connectivity index (χ3v) is 7.44. The Balaban J connectivity index is 1.84. The van der Waals surface area contributed by atoms with Crippen LogP contribution in [0.25, 0.3) is 0 Å². The second-order valence-electron chi connectivity index (χ2n) is 7.33. The molecule has 3 rings (SSSR count). The second kappa shape index (κ2) is 6.10. The van der Waals surface area contributed by atoms with Gasteiger partial charge in [0.05, 0.1) is 18.6 Å². The standard InChI is InChI=1S/C18H27NO3S/c1-18(8-9-23(20,21)13-18)19(2)12-16-10-14-6-4-5-7-15(14)11-17(16)22-3/h10-11H,4-9,12-13H2,1-3H3. The van der Waals surface area contributed by atoms with E-state index < -0.39 is 9.84 Å². The Labute approximate surface area is 139 Å². The Morgan fingerprint density at radius 3 is 2.43 bits per heavy atom. The fraction of sp³-hybridized carbons (Fsp3) is 0.667. The van der Waals surface area contributed by atoms with Crippen LogP contribution in [0, 0.1) is 0 Å². The highest BCUT2D eigenvalue weighted by Crippen LogP contribution is 2.33. The number of methoxy groups -OCH3 is 1. The number of hydrogen-bond donors (Lipinski definition) is 0. The molecule has 0 N–H and O–H groups in total. The molecule has 1 atom stereocenters. The van der Waals surface area contributed by atoms with Gasteiger partial charge in [0.2, 0.25) is 0 Å². The molecule has 0 bridgehead atoms. The van der Waals surface area contributed by atoms with Crippen LogP contribution in [-0.4, -0.2) is 44.5 Å². The first-order valence-electron chi connectivity index (χ1n) is 8.43. The molecule has 128 valence electrons. The summed E-state index contributed by atoms with van der Waals surface area (Å²) in [6.07, 6.45) is 5.49.